The average molecular weight is 390 g/mol. The lowest BCUT2D eigenvalue weighted by molar-refractivity contribution is 0.0943. The van der Waals surface area contributed by atoms with Gasteiger partial charge in [-0.2, -0.15) is 9.50 Å². The first-order valence-electron chi connectivity index (χ1n) is 8.56. The van der Waals surface area contributed by atoms with Crippen LogP contribution in [0.1, 0.15) is 35.1 Å². The highest BCUT2D eigenvalue weighted by Crippen LogP contribution is 2.27. The molecule has 0 radical (unpaired) electrons. The second-order valence-electron chi connectivity index (χ2n) is 6.51. The predicted molar refractivity (Wildman–Crippen MR) is 103 cm³/mol. The van der Waals surface area contributed by atoms with E-state index in [4.69, 9.17) is 0 Å². The Morgan fingerprint density at radius 1 is 1.46 bits per heavy atom. The Bertz CT molecular complexity index is 979. The van der Waals surface area contributed by atoms with Gasteiger partial charge >= 0.3 is 0 Å². The third kappa shape index (κ3) is 3.49. The van der Waals surface area contributed by atoms with E-state index in [1.807, 2.05) is 17.5 Å². The van der Waals surface area contributed by atoms with Gasteiger partial charge in [0.25, 0.3) is 11.5 Å². The molecule has 1 aliphatic heterocycles. The van der Waals surface area contributed by atoms with Gasteiger partial charge in [-0.1, -0.05) is 24.3 Å². The predicted octanol–water partition coefficient (Wildman–Crippen LogP) is 2.38. The summed E-state index contributed by atoms with van der Waals surface area (Å²) in [6, 6.07) is 5.14. The summed E-state index contributed by atoms with van der Waals surface area (Å²) in [4.78, 5) is 32.3. The number of anilines is 1. The van der Waals surface area contributed by atoms with Crippen molar-refractivity contribution in [2.75, 3.05) is 18.0 Å². The van der Waals surface area contributed by atoms with Gasteiger partial charge in [0, 0.05) is 24.0 Å². The Hall–Kier alpha value is -2.26. The molecular formula is C17H19N5O2S2. The van der Waals surface area contributed by atoms with Crippen molar-refractivity contribution < 1.29 is 4.79 Å². The molecule has 0 saturated carbocycles. The van der Waals surface area contributed by atoms with Gasteiger partial charge < -0.3 is 10.2 Å². The fraction of sp³-hybridized carbons (Fsp3) is 0.412. The van der Waals surface area contributed by atoms with E-state index in [0.717, 1.165) is 29.5 Å². The minimum atomic E-state index is -0.423. The van der Waals surface area contributed by atoms with E-state index in [-0.39, 0.29) is 11.6 Å². The summed E-state index contributed by atoms with van der Waals surface area (Å²) in [6.45, 7) is 4.53. The Labute approximate surface area is 158 Å². The standard InChI is InChI=1S/C17H19N5O2S2/c1-11-4-2-6-21(10-11)17-20-22-13(8-14(23)19-16(22)26-17)15(24)18-9-12-5-3-7-25-12/h3,5,7-8,11H,2,4,6,9-10H2,1H3,(H,18,24)/t11-/m0/s1. The zero-order valence-electron chi connectivity index (χ0n) is 14.3. The van der Waals surface area contributed by atoms with Gasteiger partial charge in [-0.15, -0.1) is 16.4 Å². The van der Waals surface area contributed by atoms with Crippen molar-refractivity contribution in [2.45, 2.75) is 26.3 Å². The van der Waals surface area contributed by atoms with Crippen molar-refractivity contribution >= 4 is 38.7 Å². The molecule has 1 atom stereocenters. The van der Waals surface area contributed by atoms with Crippen LogP contribution >= 0.6 is 22.7 Å². The normalized spacial score (nSPS) is 17.6. The van der Waals surface area contributed by atoms with E-state index < -0.39 is 5.56 Å². The highest BCUT2D eigenvalue weighted by molar-refractivity contribution is 7.20. The summed E-state index contributed by atoms with van der Waals surface area (Å²) in [5.41, 5.74) is -0.197. The van der Waals surface area contributed by atoms with Crippen LogP contribution in [0.3, 0.4) is 0 Å². The van der Waals surface area contributed by atoms with E-state index in [9.17, 15) is 9.59 Å². The summed E-state index contributed by atoms with van der Waals surface area (Å²) in [5, 5.41) is 10.2. The second kappa shape index (κ2) is 7.16. The number of fused-ring (bicyclic) bond motifs is 1. The molecule has 9 heteroatoms. The molecule has 0 aliphatic carbocycles. The number of hydrogen-bond acceptors (Lipinski definition) is 7. The maximum absolute atomic E-state index is 12.6. The highest BCUT2D eigenvalue weighted by atomic mass is 32.1. The topological polar surface area (TPSA) is 79.6 Å². The molecule has 0 unspecified atom stereocenters. The van der Waals surface area contributed by atoms with Crippen molar-refractivity contribution in [1.29, 1.82) is 0 Å². The number of aromatic nitrogens is 3. The number of nitrogens with one attached hydrogen (secondary N) is 1. The van der Waals surface area contributed by atoms with E-state index in [1.54, 1.807) is 11.3 Å². The molecule has 26 heavy (non-hydrogen) atoms. The Morgan fingerprint density at radius 3 is 3.12 bits per heavy atom. The number of hydrogen-bond donors (Lipinski definition) is 1. The number of nitrogens with zero attached hydrogens (tertiary/aromatic N) is 4. The molecule has 4 rings (SSSR count). The lowest BCUT2D eigenvalue weighted by Crippen LogP contribution is -2.34. The molecular weight excluding hydrogens is 370 g/mol. The van der Waals surface area contributed by atoms with Crippen LogP contribution in [0.4, 0.5) is 5.13 Å². The minimum absolute atomic E-state index is 0.226. The van der Waals surface area contributed by atoms with Crippen LogP contribution in [0.5, 0.6) is 0 Å². The van der Waals surface area contributed by atoms with Crippen molar-refractivity contribution in [3.8, 4) is 0 Å². The Kier molecular flexibility index (Phi) is 4.73. The van der Waals surface area contributed by atoms with Crippen LogP contribution in [-0.2, 0) is 6.54 Å². The third-order valence-corrected chi connectivity index (χ3v) is 6.25. The van der Waals surface area contributed by atoms with Gasteiger partial charge in [0.15, 0.2) is 0 Å². The first-order valence-corrected chi connectivity index (χ1v) is 10.3. The van der Waals surface area contributed by atoms with Gasteiger partial charge in [0.1, 0.15) is 5.69 Å². The first kappa shape index (κ1) is 17.2. The summed E-state index contributed by atoms with van der Waals surface area (Å²) >= 11 is 2.93. The first-order chi connectivity index (χ1) is 12.6. The van der Waals surface area contributed by atoms with Crippen molar-refractivity contribution in [3.05, 3.63) is 44.5 Å². The molecule has 136 valence electrons. The van der Waals surface area contributed by atoms with E-state index in [2.05, 4.69) is 27.2 Å². The summed E-state index contributed by atoms with van der Waals surface area (Å²) in [7, 11) is 0. The fourth-order valence-electron chi connectivity index (χ4n) is 3.13. The number of carbonyl (C=O) groups is 1. The molecule has 1 fully saturated rings. The fourth-order valence-corrected chi connectivity index (χ4v) is 4.72. The van der Waals surface area contributed by atoms with Crippen LogP contribution in [0, 0.1) is 5.92 Å². The molecule has 1 amide bonds. The molecule has 4 heterocycles. The van der Waals surface area contributed by atoms with E-state index in [1.165, 1.54) is 28.3 Å². The Morgan fingerprint density at radius 2 is 2.35 bits per heavy atom. The van der Waals surface area contributed by atoms with Crippen LogP contribution in [-0.4, -0.2) is 33.6 Å². The average Bonchev–Trinajstić information content (AvgIpc) is 3.28. The zero-order valence-corrected chi connectivity index (χ0v) is 16.0. The lowest BCUT2D eigenvalue weighted by atomic mass is 10.0. The van der Waals surface area contributed by atoms with Gasteiger partial charge in [-0.05, 0) is 30.2 Å². The maximum Gasteiger partial charge on any atom is 0.274 e. The summed E-state index contributed by atoms with van der Waals surface area (Å²) in [6.07, 6.45) is 2.34. The minimum Gasteiger partial charge on any atom is -0.346 e. The SMILES string of the molecule is C[C@H]1CCCN(c2nn3c(C(=O)NCc4cccs4)cc(=O)nc3s2)C1. The summed E-state index contributed by atoms with van der Waals surface area (Å²) in [5.74, 6) is 0.286. The van der Waals surface area contributed by atoms with Crippen LogP contribution in [0.15, 0.2) is 28.4 Å². The second-order valence-corrected chi connectivity index (χ2v) is 8.48. The molecule has 1 aliphatic rings. The number of piperidine rings is 1. The molecule has 7 nitrogen and oxygen atoms in total. The van der Waals surface area contributed by atoms with Gasteiger partial charge in [0.05, 0.1) is 6.54 Å². The van der Waals surface area contributed by atoms with E-state index in [0.29, 0.717) is 17.4 Å². The molecule has 3 aromatic heterocycles. The molecule has 0 bridgehead atoms. The quantitative estimate of drug-likeness (QED) is 0.741. The highest BCUT2D eigenvalue weighted by Gasteiger charge is 2.22. The molecule has 0 aromatic carbocycles. The maximum atomic E-state index is 12.6. The monoisotopic (exact) mass is 389 g/mol. The zero-order chi connectivity index (χ0) is 18.1. The number of carbonyl (C=O) groups excluding carboxylic acids is 1. The Balaban J connectivity index is 1.63. The molecule has 0 spiro atoms. The largest absolute Gasteiger partial charge is 0.346 e. The van der Waals surface area contributed by atoms with Crippen LogP contribution < -0.4 is 15.8 Å². The van der Waals surface area contributed by atoms with E-state index >= 15 is 0 Å². The van der Waals surface area contributed by atoms with Crippen molar-refractivity contribution in [3.63, 3.8) is 0 Å². The number of thiophene rings is 1. The third-order valence-electron chi connectivity index (χ3n) is 4.41. The van der Waals surface area contributed by atoms with Crippen molar-refractivity contribution in [2.24, 2.45) is 5.92 Å². The summed E-state index contributed by atoms with van der Waals surface area (Å²) < 4.78 is 1.49. The smallest absolute Gasteiger partial charge is 0.274 e. The van der Waals surface area contributed by atoms with Crippen molar-refractivity contribution in [1.82, 2.24) is 19.9 Å². The lowest BCUT2D eigenvalue weighted by Gasteiger charge is -2.30. The number of amides is 1. The number of rotatable bonds is 4. The molecule has 3 aromatic rings. The van der Waals surface area contributed by atoms with Gasteiger partial charge in [-0.3, -0.25) is 9.59 Å². The van der Waals surface area contributed by atoms with Gasteiger partial charge in [0.2, 0.25) is 10.1 Å². The van der Waals surface area contributed by atoms with Gasteiger partial charge in [-0.25, -0.2) is 0 Å². The van der Waals surface area contributed by atoms with Crippen LogP contribution in [0.2, 0.25) is 0 Å². The molecule has 1 N–H and O–H groups in total. The molecule has 1 saturated heterocycles. The van der Waals surface area contributed by atoms with Crippen LogP contribution in [0.25, 0.3) is 4.96 Å².